The minimum atomic E-state index is -0.235. The monoisotopic (exact) mass is 347 g/mol. The Morgan fingerprint density at radius 1 is 1.42 bits per heavy atom. The highest BCUT2D eigenvalue weighted by atomic mass is 32.1. The Morgan fingerprint density at radius 3 is 2.79 bits per heavy atom. The number of carbonyl (C=O) groups excluding carboxylic acids is 1. The van der Waals surface area contributed by atoms with E-state index in [2.05, 4.69) is 39.3 Å². The molecule has 6 nitrogen and oxygen atoms in total. The van der Waals surface area contributed by atoms with E-state index in [0.29, 0.717) is 5.13 Å². The zero-order chi connectivity index (χ0) is 17.7. The molecular weight excluding hydrogens is 322 g/mol. The van der Waals surface area contributed by atoms with Gasteiger partial charge in [0.15, 0.2) is 5.13 Å². The summed E-state index contributed by atoms with van der Waals surface area (Å²) in [4.78, 5) is 22.9. The molecule has 0 radical (unpaired) electrons. The van der Waals surface area contributed by atoms with Gasteiger partial charge in [-0.1, -0.05) is 13.8 Å². The van der Waals surface area contributed by atoms with E-state index in [1.54, 1.807) is 12.4 Å². The van der Waals surface area contributed by atoms with E-state index in [4.69, 9.17) is 0 Å². The SMILES string of the molecule is C[C@H](NC(=O)Nc1nc(-c2cccnc2)cs1)C(C)(C)CN(C)C. The van der Waals surface area contributed by atoms with Crippen molar-refractivity contribution in [3.05, 3.63) is 29.9 Å². The third-order valence-corrected chi connectivity index (χ3v) is 4.68. The third-order valence-electron chi connectivity index (χ3n) is 3.93. The molecule has 1 atom stereocenters. The lowest BCUT2D eigenvalue weighted by Gasteiger charge is -2.34. The highest BCUT2D eigenvalue weighted by molar-refractivity contribution is 7.14. The fraction of sp³-hybridized carbons (Fsp3) is 0.471. The number of amides is 2. The van der Waals surface area contributed by atoms with Crippen LogP contribution in [0.4, 0.5) is 9.93 Å². The van der Waals surface area contributed by atoms with Crippen LogP contribution in [0.15, 0.2) is 29.9 Å². The minimum absolute atomic E-state index is 0.0256. The number of thiazole rings is 1. The number of pyridine rings is 1. The van der Waals surface area contributed by atoms with Crippen LogP contribution in [0.5, 0.6) is 0 Å². The molecule has 2 aromatic rings. The van der Waals surface area contributed by atoms with Crippen molar-refractivity contribution in [2.45, 2.75) is 26.8 Å². The standard InChI is InChI=1S/C17H25N5OS/c1-12(17(2,3)11-22(4)5)19-15(23)21-16-20-14(10-24-16)13-7-6-8-18-9-13/h6-10,12H,11H2,1-5H3,(H2,19,20,21,23)/t12-/m0/s1. The van der Waals surface area contributed by atoms with Crippen LogP contribution >= 0.6 is 11.3 Å². The largest absolute Gasteiger partial charge is 0.335 e. The second-order valence-corrected chi connectivity index (χ2v) is 7.68. The third kappa shape index (κ3) is 5.01. The lowest BCUT2D eigenvalue weighted by Crippen LogP contribution is -2.48. The van der Waals surface area contributed by atoms with E-state index in [-0.39, 0.29) is 17.5 Å². The fourth-order valence-corrected chi connectivity index (χ4v) is 3.17. The van der Waals surface area contributed by atoms with Crippen LogP contribution in [0.2, 0.25) is 0 Å². The highest BCUT2D eigenvalue weighted by Gasteiger charge is 2.28. The average Bonchev–Trinajstić information content (AvgIpc) is 2.95. The Morgan fingerprint density at radius 2 is 2.17 bits per heavy atom. The first kappa shape index (κ1) is 18.4. The Balaban J connectivity index is 1.94. The summed E-state index contributed by atoms with van der Waals surface area (Å²) in [6, 6.07) is 3.60. The second kappa shape index (κ2) is 7.72. The van der Waals surface area contributed by atoms with Crippen molar-refractivity contribution in [1.82, 2.24) is 20.2 Å². The van der Waals surface area contributed by atoms with Gasteiger partial charge in [-0.25, -0.2) is 9.78 Å². The van der Waals surface area contributed by atoms with Gasteiger partial charge in [0.1, 0.15) is 0 Å². The molecule has 0 fully saturated rings. The van der Waals surface area contributed by atoms with Crippen molar-refractivity contribution in [1.29, 1.82) is 0 Å². The van der Waals surface area contributed by atoms with E-state index in [1.165, 1.54) is 11.3 Å². The van der Waals surface area contributed by atoms with E-state index in [1.807, 2.05) is 38.5 Å². The lowest BCUT2D eigenvalue weighted by atomic mass is 9.85. The lowest BCUT2D eigenvalue weighted by molar-refractivity contribution is 0.183. The molecule has 7 heteroatoms. The van der Waals surface area contributed by atoms with Crippen molar-refractivity contribution in [2.24, 2.45) is 5.41 Å². The molecule has 2 N–H and O–H groups in total. The maximum atomic E-state index is 12.2. The highest BCUT2D eigenvalue weighted by Crippen LogP contribution is 2.24. The Kier molecular flexibility index (Phi) is 5.90. The molecule has 0 bridgehead atoms. The Labute approximate surface area is 147 Å². The van der Waals surface area contributed by atoms with Gasteiger partial charge in [-0.2, -0.15) is 0 Å². The topological polar surface area (TPSA) is 70.1 Å². The summed E-state index contributed by atoms with van der Waals surface area (Å²) >= 11 is 1.40. The summed E-state index contributed by atoms with van der Waals surface area (Å²) in [5.74, 6) is 0. The average molecular weight is 347 g/mol. The maximum absolute atomic E-state index is 12.2. The fourth-order valence-electron chi connectivity index (χ4n) is 2.46. The number of rotatable bonds is 6. The van der Waals surface area contributed by atoms with Gasteiger partial charge in [0.05, 0.1) is 5.69 Å². The van der Waals surface area contributed by atoms with Crippen molar-refractivity contribution in [3.63, 3.8) is 0 Å². The van der Waals surface area contributed by atoms with Crippen LogP contribution in [0.25, 0.3) is 11.3 Å². The smallest absolute Gasteiger partial charge is 0.321 e. The Hall–Kier alpha value is -1.99. The molecule has 24 heavy (non-hydrogen) atoms. The molecule has 0 saturated carbocycles. The van der Waals surface area contributed by atoms with E-state index in [0.717, 1.165) is 17.8 Å². The first-order valence-corrected chi connectivity index (χ1v) is 8.74. The molecule has 0 aromatic carbocycles. The molecule has 2 amide bonds. The molecule has 0 spiro atoms. The predicted octanol–water partition coefficient (Wildman–Crippen LogP) is 3.30. The second-order valence-electron chi connectivity index (χ2n) is 6.83. The molecule has 2 heterocycles. The summed E-state index contributed by atoms with van der Waals surface area (Å²) in [7, 11) is 4.06. The van der Waals surface area contributed by atoms with Gasteiger partial charge in [-0.3, -0.25) is 10.3 Å². The van der Waals surface area contributed by atoms with Gasteiger partial charge in [-0.05, 0) is 38.6 Å². The normalized spacial score (nSPS) is 12.9. The van der Waals surface area contributed by atoms with E-state index < -0.39 is 0 Å². The van der Waals surface area contributed by atoms with Gasteiger partial charge < -0.3 is 10.2 Å². The van der Waals surface area contributed by atoms with Gasteiger partial charge in [0, 0.05) is 35.9 Å². The number of nitrogens with one attached hydrogen (secondary N) is 2. The number of urea groups is 1. The van der Waals surface area contributed by atoms with Crippen LogP contribution in [0.3, 0.4) is 0 Å². The predicted molar refractivity (Wildman–Crippen MR) is 99.3 cm³/mol. The van der Waals surface area contributed by atoms with Gasteiger partial charge in [-0.15, -0.1) is 11.3 Å². The number of hydrogen-bond donors (Lipinski definition) is 2. The number of nitrogens with zero attached hydrogens (tertiary/aromatic N) is 3. The quantitative estimate of drug-likeness (QED) is 0.841. The van der Waals surface area contributed by atoms with Crippen molar-refractivity contribution >= 4 is 22.5 Å². The summed E-state index contributed by atoms with van der Waals surface area (Å²) in [6.45, 7) is 7.19. The number of carbonyl (C=O) groups is 1. The zero-order valence-corrected chi connectivity index (χ0v) is 15.6. The van der Waals surface area contributed by atoms with E-state index >= 15 is 0 Å². The molecule has 2 aromatic heterocycles. The van der Waals surface area contributed by atoms with Gasteiger partial charge in [0.25, 0.3) is 0 Å². The molecule has 0 aliphatic heterocycles. The van der Waals surface area contributed by atoms with Gasteiger partial charge in [0.2, 0.25) is 0 Å². The molecule has 2 rings (SSSR count). The van der Waals surface area contributed by atoms with Crippen LogP contribution in [-0.2, 0) is 0 Å². The minimum Gasteiger partial charge on any atom is -0.335 e. The summed E-state index contributed by atoms with van der Waals surface area (Å²) in [5.41, 5.74) is 1.71. The van der Waals surface area contributed by atoms with Crippen molar-refractivity contribution < 1.29 is 4.79 Å². The molecule has 0 aliphatic carbocycles. The number of aromatic nitrogens is 2. The molecule has 0 aliphatic rings. The summed E-state index contributed by atoms with van der Waals surface area (Å²) < 4.78 is 0. The van der Waals surface area contributed by atoms with Crippen LogP contribution in [0.1, 0.15) is 20.8 Å². The maximum Gasteiger partial charge on any atom is 0.321 e. The zero-order valence-electron chi connectivity index (χ0n) is 14.8. The first-order valence-electron chi connectivity index (χ1n) is 7.86. The van der Waals surface area contributed by atoms with Crippen LogP contribution in [0, 0.1) is 5.41 Å². The van der Waals surface area contributed by atoms with E-state index in [9.17, 15) is 4.79 Å². The molecule has 0 unspecified atom stereocenters. The Bertz CT molecular complexity index is 669. The summed E-state index contributed by atoms with van der Waals surface area (Å²) in [6.07, 6.45) is 3.48. The van der Waals surface area contributed by atoms with Crippen LogP contribution < -0.4 is 10.6 Å². The van der Waals surface area contributed by atoms with Crippen molar-refractivity contribution in [3.8, 4) is 11.3 Å². The number of hydrogen-bond acceptors (Lipinski definition) is 5. The summed E-state index contributed by atoms with van der Waals surface area (Å²) in [5, 5.41) is 8.29. The molecular formula is C17H25N5OS. The van der Waals surface area contributed by atoms with Crippen molar-refractivity contribution in [2.75, 3.05) is 26.0 Å². The number of anilines is 1. The molecule has 0 saturated heterocycles. The molecule has 130 valence electrons. The first-order chi connectivity index (χ1) is 11.3. The van der Waals surface area contributed by atoms with Gasteiger partial charge >= 0.3 is 6.03 Å². The van der Waals surface area contributed by atoms with Crippen LogP contribution in [-0.4, -0.2) is 47.6 Å².